The number of nitrogens with one attached hydrogen (secondary N) is 1. The number of amides is 1. The summed E-state index contributed by atoms with van der Waals surface area (Å²) in [4.78, 5) is 14.3. The molecule has 16 heavy (non-hydrogen) atoms. The number of pyridine rings is 1. The van der Waals surface area contributed by atoms with Gasteiger partial charge in [0.2, 0.25) is 0 Å². The highest BCUT2D eigenvalue weighted by Gasteiger charge is 2.03. The van der Waals surface area contributed by atoms with Crippen LogP contribution in [0.15, 0.2) is 29.6 Å². The van der Waals surface area contributed by atoms with E-state index in [1.165, 1.54) is 0 Å². The minimum absolute atomic E-state index is 0.742. The summed E-state index contributed by atoms with van der Waals surface area (Å²) >= 11 is 0. The molecule has 0 aromatic carbocycles. The fraction of sp³-hybridized carbons (Fsp3) is 0.364. The van der Waals surface area contributed by atoms with Crippen LogP contribution in [0, 0.1) is 0 Å². The molecular formula is C11H15N3O2. The lowest BCUT2D eigenvalue weighted by atomic mass is 10.1. The molecule has 0 aliphatic rings. The molecule has 0 fully saturated rings. The van der Waals surface area contributed by atoms with Crippen LogP contribution in [0.2, 0.25) is 0 Å². The molecule has 0 saturated heterocycles. The lowest BCUT2D eigenvalue weighted by Gasteiger charge is -2.05. The van der Waals surface area contributed by atoms with E-state index in [0.29, 0.717) is 0 Å². The minimum Gasteiger partial charge on any atom is -0.464 e. The summed E-state index contributed by atoms with van der Waals surface area (Å²) in [7, 11) is 0. The molecule has 1 aromatic heterocycles. The maximum atomic E-state index is 10.4. The van der Waals surface area contributed by atoms with Crippen molar-refractivity contribution in [2.75, 3.05) is 0 Å². The number of hydrazone groups is 1. The Balaban J connectivity index is 2.78. The number of carbonyl (C=O) groups is 1. The van der Waals surface area contributed by atoms with Gasteiger partial charge >= 0.3 is 6.09 Å². The van der Waals surface area contributed by atoms with Gasteiger partial charge in [0.1, 0.15) is 0 Å². The molecular weight excluding hydrogens is 206 g/mol. The Hall–Kier alpha value is -1.91. The Morgan fingerprint density at radius 3 is 2.75 bits per heavy atom. The molecule has 1 heterocycles. The van der Waals surface area contributed by atoms with Crippen molar-refractivity contribution in [2.45, 2.75) is 26.2 Å². The van der Waals surface area contributed by atoms with E-state index < -0.39 is 6.09 Å². The van der Waals surface area contributed by atoms with E-state index in [9.17, 15) is 4.79 Å². The van der Waals surface area contributed by atoms with E-state index >= 15 is 0 Å². The Morgan fingerprint density at radius 1 is 1.50 bits per heavy atom. The highest BCUT2D eigenvalue weighted by molar-refractivity contribution is 6.00. The van der Waals surface area contributed by atoms with Gasteiger partial charge in [0.15, 0.2) is 0 Å². The number of aromatic nitrogens is 1. The topological polar surface area (TPSA) is 74.6 Å². The zero-order valence-electron chi connectivity index (χ0n) is 9.18. The summed E-state index contributed by atoms with van der Waals surface area (Å²) in [5.74, 6) is 0. The summed E-state index contributed by atoms with van der Waals surface area (Å²) in [6.45, 7) is 2.08. The van der Waals surface area contributed by atoms with E-state index in [1.807, 2.05) is 17.6 Å². The van der Waals surface area contributed by atoms with Crippen LogP contribution in [0.3, 0.4) is 0 Å². The first-order valence-electron chi connectivity index (χ1n) is 5.20. The van der Waals surface area contributed by atoms with Crippen molar-refractivity contribution >= 4 is 11.8 Å². The fourth-order valence-electron chi connectivity index (χ4n) is 1.27. The summed E-state index contributed by atoms with van der Waals surface area (Å²) in [5.41, 5.74) is 3.68. The van der Waals surface area contributed by atoms with Gasteiger partial charge in [-0.05, 0) is 25.0 Å². The van der Waals surface area contributed by atoms with Crippen LogP contribution in [0.4, 0.5) is 4.79 Å². The molecule has 0 spiro atoms. The first-order valence-corrected chi connectivity index (χ1v) is 5.20. The molecule has 5 heteroatoms. The molecule has 0 aliphatic heterocycles. The first kappa shape index (κ1) is 12.2. The second-order valence-corrected chi connectivity index (χ2v) is 3.31. The van der Waals surface area contributed by atoms with Crippen LogP contribution in [-0.4, -0.2) is 21.9 Å². The molecule has 0 aliphatic carbocycles. The molecule has 5 nitrogen and oxygen atoms in total. The van der Waals surface area contributed by atoms with Crippen molar-refractivity contribution in [2.24, 2.45) is 5.10 Å². The van der Waals surface area contributed by atoms with E-state index in [1.54, 1.807) is 12.4 Å². The SMILES string of the molecule is CCCC/C(=N\NC(=O)O)c1ccncc1. The second-order valence-electron chi connectivity index (χ2n) is 3.31. The van der Waals surface area contributed by atoms with E-state index in [-0.39, 0.29) is 0 Å². The van der Waals surface area contributed by atoms with Crippen LogP contribution in [0.1, 0.15) is 31.7 Å². The zero-order chi connectivity index (χ0) is 11.8. The standard InChI is InChI=1S/C11H15N3O2/c1-2-3-4-10(13-14-11(15)16)9-5-7-12-8-6-9/h5-8,14H,2-4H2,1H3,(H,15,16)/b13-10+. The predicted molar refractivity (Wildman–Crippen MR) is 61.5 cm³/mol. The number of hydrogen-bond donors (Lipinski definition) is 2. The third-order valence-corrected chi connectivity index (χ3v) is 2.07. The zero-order valence-corrected chi connectivity index (χ0v) is 9.18. The predicted octanol–water partition coefficient (Wildman–Crippen LogP) is 2.24. The quantitative estimate of drug-likeness (QED) is 0.591. The maximum Gasteiger partial charge on any atom is 0.425 e. The van der Waals surface area contributed by atoms with Gasteiger partial charge in [0.05, 0.1) is 5.71 Å². The molecule has 0 atom stereocenters. The molecule has 0 unspecified atom stereocenters. The normalized spacial score (nSPS) is 11.2. The number of nitrogens with zero attached hydrogens (tertiary/aromatic N) is 2. The Morgan fingerprint density at radius 2 is 2.19 bits per heavy atom. The van der Waals surface area contributed by atoms with Gasteiger partial charge in [-0.3, -0.25) is 4.98 Å². The number of carboxylic acid groups (broad SMARTS) is 1. The highest BCUT2D eigenvalue weighted by atomic mass is 16.4. The van der Waals surface area contributed by atoms with Gasteiger partial charge in [-0.25, -0.2) is 10.2 Å². The summed E-state index contributed by atoms with van der Waals surface area (Å²) in [6.07, 6.45) is 4.94. The minimum atomic E-state index is -1.15. The number of rotatable bonds is 5. The maximum absolute atomic E-state index is 10.4. The second kappa shape index (κ2) is 6.55. The molecule has 86 valence electrons. The van der Waals surface area contributed by atoms with Gasteiger partial charge < -0.3 is 5.11 Å². The van der Waals surface area contributed by atoms with Gasteiger partial charge in [0.25, 0.3) is 0 Å². The van der Waals surface area contributed by atoms with Crippen molar-refractivity contribution in [1.29, 1.82) is 0 Å². The fourth-order valence-corrected chi connectivity index (χ4v) is 1.27. The average Bonchev–Trinajstić information content (AvgIpc) is 2.30. The molecule has 1 aromatic rings. The smallest absolute Gasteiger partial charge is 0.425 e. The van der Waals surface area contributed by atoms with Crippen molar-refractivity contribution in [3.63, 3.8) is 0 Å². The third kappa shape index (κ3) is 4.08. The van der Waals surface area contributed by atoms with Gasteiger partial charge in [-0.1, -0.05) is 13.3 Å². The summed E-state index contributed by atoms with van der Waals surface area (Å²) < 4.78 is 0. The van der Waals surface area contributed by atoms with E-state index in [2.05, 4.69) is 17.0 Å². The average molecular weight is 221 g/mol. The number of hydrogen-bond acceptors (Lipinski definition) is 3. The Bertz CT molecular complexity index is 363. The Kier molecular flexibility index (Phi) is 4.98. The molecule has 0 bridgehead atoms. The van der Waals surface area contributed by atoms with Gasteiger partial charge in [-0.2, -0.15) is 5.10 Å². The van der Waals surface area contributed by atoms with Crippen molar-refractivity contribution in [3.05, 3.63) is 30.1 Å². The molecule has 1 rings (SSSR count). The molecule has 0 radical (unpaired) electrons. The van der Waals surface area contributed by atoms with Crippen LogP contribution in [-0.2, 0) is 0 Å². The van der Waals surface area contributed by atoms with Crippen molar-refractivity contribution < 1.29 is 9.90 Å². The van der Waals surface area contributed by atoms with Crippen LogP contribution < -0.4 is 5.43 Å². The molecule has 0 saturated carbocycles. The summed E-state index contributed by atoms with van der Waals surface area (Å²) in [6, 6.07) is 3.63. The van der Waals surface area contributed by atoms with Crippen LogP contribution in [0.5, 0.6) is 0 Å². The van der Waals surface area contributed by atoms with E-state index in [0.717, 1.165) is 30.5 Å². The van der Waals surface area contributed by atoms with Crippen LogP contribution in [0.25, 0.3) is 0 Å². The van der Waals surface area contributed by atoms with Crippen LogP contribution >= 0.6 is 0 Å². The third-order valence-electron chi connectivity index (χ3n) is 2.07. The lowest BCUT2D eigenvalue weighted by molar-refractivity contribution is 0.195. The first-order chi connectivity index (χ1) is 7.74. The van der Waals surface area contributed by atoms with Gasteiger partial charge in [-0.15, -0.1) is 0 Å². The Labute approximate surface area is 94.2 Å². The summed E-state index contributed by atoms with van der Waals surface area (Å²) in [5, 5.41) is 12.4. The largest absolute Gasteiger partial charge is 0.464 e. The highest BCUT2D eigenvalue weighted by Crippen LogP contribution is 2.06. The van der Waals surface area contributed by atoms with Gasteiger partial charge in [0, 0.05) is 18.0 Å². The van der Waals surface area contributed by atoms with Crippen molar-refractivity contribution in [1.82, 2.24) is 10.4 Å². The number of unbranched alkanes of at least 4 members (excludes halogenated alkanes) is 1. The van der Waals surface area contributed by atoms with E-state index in [4.69, 9.17) is 5.11 Å². The monoisotopic (exact) mass is 221 g/mol. The van der Waals surface area contributed by atoms with Crippen molar-refractivity contribution in [3.8, 4) is 0 Å². The lowest BCUT2D eigenvalue weighted by Crippen LogP contribution is -2.17. The molecule has 1 amide bonds. The molecule has 2 N–H and O–H groups in total.